The van der Waals surface area contributed by atoms with Crippen LogP contribution in [0.25, 0.3) is 0 Å². The van der Waals surface area contributed by atoms with Crippen LogP contribution in [0, 0.1) is 6.92 Å². The topological polar surface area (TPSA) is 93.0 Å². The summed E-state index contributed by atoms with van der Waals surface area (Å²) in [6.45, 7) is 4.17. The van der Waals surface area contributed by atoms with Gasteiger partial charge in [-0.1, -0.05) is 12.1 Å². The minimum atomic E-state index is -0.822. The van der Waals surface area contributed by atoms with Crippen molar-refractivity contribution in [3.8, 4) is 17.2 Å². The van der Waals surface area contributed by atoms with E-state index < -0.39 is 6.10 Å². The number of phenolic OH excluding ortho intramolecular Hbond substituents is 3. The van der Waals surface area contributed by atoms with Gasteiger partial charge in [-0.05, 0) is 55.2 Å². The quantitative estimate of drug-likeness (QED) is 0.516. The molecule has 5 nitrogen and oxygen atoms in total. The van der Waals surface area contributed by atoms with Crippen molar-refractivity contribution in [2.24, 2.45) is 0 Å². The molecule has 2 rings (SSSR count). The van der Waals surface area contributed by atoms with Crippen molar-refractivity contribution in [2.75, 3.05) is 6.54 Å². The maximum atomic E-state index is 10.1. The fourth-order valence-corrected chi connectivity index (χ4v) is 2.51. The molecule has 0 aromatic heterocycles. The number of aryl methyl sites for hydroxylation is 1. The van der Waals surface area contributed by atoms with Crippen molar-refractivity contribution in [3.05, 3.63) is 53.1 Å². The molecule has 0 heterocycles. The number of hydrogen-bond donors (Lipinski definition) is 5. The zero-order valence-electron chi connectivity index (χ0n) is 13.7. The fourth-order valence-electron chi connectivity index (χ4n) is 2.51. The van der Waals surface area contributed by atoms with Gasteiger partial charge in [0.15, 0.2) is 0 Å². The molecule has 0 amide bonds. The van der Waals surface area contributed by atoms with Gasteiger partial charge in [-0.3, -0.25) is 0 Å². The van der Waals surface area contributed by atoms with Crippen molar-refractivity contribution in [1.29, 1.82) is 0 Å². The Bertz CT molecular complexity index is 658. The lowest BCUT2D eigenvalue weighted by Crippen LogP contribution is -2.32. The van der Waals surface area contributed by atoms with Crippen molar-refractivity contribution < 1.29 is 20.4 Å². The molecule has 0 bridgehead atoms. The van der Waals surface area contributed by atoms with E-state index in [1.165, 1.54) is 18.2 Å². The van der Waals surface area contributed by atoms with Crippen molar-refractivity contribution in [3.63, 3.8) is 0 Å². The highest BCUT2D eigenvalue weighted by molar-refractivity contribution is 8.93. The first-order valence-electron chi connectivity index (χ1n) is 7.58. The lowest BCUT2D eigenvalue weighted by atomic mass is 10.0. The number of benzene rings is 2. The van der Waals surface area contributed by atoms with Gasteiger partial charge in [0.25, 0.3) is 0 Å². The molecule has 0 saturated heterocycles. The van der Waals surface area contributed by atoms with Crippen LogP contribution in [0.4, 0.5) is 0 Å². The zero-order valence-corrected chi connectivity index (χ0v) is 15.4. The summed E-state index contributed by atoms with van der Waals surface area (Å²) in [6.07, 6.45) is -0.0592. The first kappa shape index (κ1) is 20.3. The Morgan fingerprint density at radius 1 is 1.00 bits per heavy atom. The van der Waals surface area contributed by atoms with Gasteiger partial charge in [0, 0.05) is 18.7 Å². The molecule has 132 valence electrons. The van der Waals surface area contributed by atoms with Gasteiger partial charge in [0.1, 0.15) is 17.2 Å². The van der Waals surface area contributed by atoms with Crippen LogP contribution in [0.3, 0.4) is 0 Å². The lowest BCUT2D eigenvalue weighted by molar-refractivity contribution is 0.170. The molecule has 2 atom stereocenters. The smallest absolute Gasteiger partial charge is 0.119 e. The maximum Gasteiger partial charge on any atom is 0.119 e. The summed E-state index contributed by atoms with van der Waals surface area (Å²) >= 11 is 0. The Balaban J connectivity index is 0.00000288. The van der Waals surface area contributed by atoms with E-state index >= 15 is 0 Å². The molecule has 2 aromatic carbocycles. The monoisotopic (exact) mass is 397 g/mol. The van der Waals surface area contributed by atoms with E-state index in [2.05, 4.69) is 5.32 Å². The first-order valence-corrected chi connectivity index (χ1v) is 7.58. The normalized spacial score (nSPS) is 13.1. The largest absolute Gasteiger partial charge is 0.508 e. The van der Waals surface area contributed by atoms with Gasteiger partial charge >= 0.3 is 0 Å². The van der Waals surface area contributed by atoms with Crippen LogP contribution in [0.5, 0.6) is 17.2 Å². The number of nitrogens with one attached hydrogen (secondary N) is 1. The van der Waals surface area contributed by atoms with Crippen LogP contribution < -0.4 is 5.32 Å². The molecule has 0 aliphatic heterocycles. The van der Waals surface area contributed by atoms with Crippen LogP contribution in [0.2, 0.25) is 0 Å². The summed E-state index contributed by atoms with van der Waals surface area (Å²) in [5.74, 6) is 0.131. The second-order valence-corrected chi connectivity index (χ2v) is 5.93. The molecule has 0 spiro atoms. The Morgan fingerprint density at radius 3 is 2.21 bits per heavy atom. The summed E-state index contributed by atoms with van der Waals surface area (Å²) in [5, 5.41) is 41.8. The summed E-state index contributed by atoms with van der Waals surface area (Å²) < 4.78 is 0. The lowest BCUT2D eigenvalue weighted by Gasteiger charge is -2.18. The van der Waals surface area contributed by atoms with E-state index in [-0.39, 0.29) is 40.3 Å². The number of aliphatic hydroxyl groups is 1. The molecule has 0 aliphatic rings. The summed E-state index contributed by atoms with van der Waals surface area (Å²) in [6, 6.07) is 9.71. The highest BCUT2D eigenvalue weighted by Gasteiger charge is 2.12. The minimum Gasteiger partial charge on any atom is -0.508 e. The molecule has 0 saturated carbocycles. The number of aliphatic hydroxyl groups excluding tert-OH is 1. The molecular weight excluding hydrogens is 374 g/mol. The Labute approximate surface area is 152 Å². The van der Waals surface area contributed by atoms with Gasteiger partial charge in [0.2, 0.25) is 0 Å². The average Bonchev–Trinajstić information content (AvgIpc) is 2.47. The van der Waals surface area contributed by atoms with Crippen LogP contribution >= 0.6 is 17.0 Å². The first-order chi connectivity index (χ1) is 10.8. The molecule has 0 radical (unpaired) electrons. The molecule has 6 heteroatoms. The van der Waals surface area contributed by atoms with Crippen LogP contribution in [0.1, 0.15) is 29.7 Å². The highest BCUT2D eigenvalue weighted by Crippen LogP contribution is 2.24. The Kier molecular flexibility index (Phi) is 7.54. The van der Waals surface area contributed by atoms with Crippen molar-refractivity contribution in [1.82, 2.24) is 5.32 Å². The minimum absolute atomic E-state index is 0. The van der Waals surface area contributed by atoms with Crippen LogP contribution in [-0.2, 0) is 6.42 Å². The number of halogens is 1. The number of hydrogen-bond acceptors (Lipinski definition) is 5. The number of phenols is 3. The zero-order chi connectivity index (χ0) is 17.0. The molecule has 0 aliphatic carbocycles. The second kappa shape index (κ2) is 8.92. The van der Waals surface area contributed by atoms with Crippen molar-refractivity contribution >= 4 is 17.0 Å². The third kappa shape index (κ3) is 5.70. The van der Waals surface area contributed by atoms with E-state index in [0.29, 0.717) is 12.1 Å². The fraction of sp³-hybridized carbons (Fsp3) is 0.333. The van der Waals surface area contributed by atoms with E-state index in [1.54, 1.807) is 6.07 Å². The maximum absolute atomic E-state index is 10.1. The summed E-state index contributed by atoms with van der Waals surface area (Å²) in [5.41, 5.74) is 2.40. The van der Waals surface area contributed by atoms with Crippen molar-refractivity contribution in [2.45, 2.75) is 32.4 Å². The number of rotatable bonds is 6. The van der Waals surface area contributed by atoms with Crippen LogP contribution in [-0.4, -0.2) is 33.0 Å². The van der Waals surface area contributed by atoms with E-state index in [1.807, 2.05) is 26.0 Å². The van der Waals surface area contributed by atoms with E-state index in [0.717, 1.165) is 17.5 Å². The third-order valence-electron chi connectivity index (χ3n) is 3.77. The SMILES string of the molecule is Br.Cc1cc(CC(C)NCC(O)c2cc(O)cc(O)c2)ccc1O. The predicted molar refractivity (Wildman–Crippen MR) is 99.1 cm³/mol. The van der Waals surface area contributed by atoms with Gasteiger partial charge < -0.3 is 25.7 Å². The second-order valence-electron chi connectivity index (χ2n) is 5.93. The molecule has 5 N–H and O–H groups in total. The molecular formula is C18H24BrNO4. The molecule has 24 heavy (non-hydrogen) atoms. The third-order valence-corrected chi connectivity index (χ3v) is 3.77. The van der Waals surface area contributed by atoms with Gasteiger partial charge in [-0.15, -0.1) is 17.0 Å². The Hall–Kier alpha value is -1.76. The molecule has 0 fully saturated rings. The summed E-state index contributed by atoms with van der Waals surface area (Å²) in [4.78, 5) is 0. The van der Waals surface area contributed by atoms with E-state index in [9.17, 15) is 20.4 Å². The Morgan fingerprint density at radius 2 is 1.62 bits per heavy atom. The summed E-state index contributed by atoms with van der Waals surface area (Å²) in [7, 11) is 0. The molecule has 2 aromatic rings. The van der Waals surface area contributed by atoms with Gasteiger partial charge in [0.05, 0.1) is 6.10 Å². The molecule has 2 unspecified atom stereocenters. The number of aromatic hydroxyl groups is 3. The van der Waals surface area contributed by atoms with E-state index in [4.69, 9.17) is 0 Å². The van der Waals surface area contributed by atoms with Gasteiger partial charge in [-0.25, -0.2) is 0 Å². The standard InChI is InChI=1S/C18H23NO4.BrH/c1-11-5-13(3-4-17(11)22)6-12(2)19-10-18(23)14-7-15(20)9-16(21)8-14;/h3-5,7-9,12,18-23H,6,10H2,1-2H3;1H. The predicted octanol–water partition coefficient (Wildman–Crippen LogP) is 2.94. The average molecular weight is 398 g/mol. The highest BCUT2D eigenvalue weighted by atomic mass is 79.9. The van der Waals surface area contributed by atoms with Crippen LogP contribution in [0.15, 0.2) is 36.4 Å². The van der Waals surface area contributed by atoms with Gasteiger partial charge in [-0.2, -0.15) is 0 Å².